The van der Waals surface area contributed by atoms with Crippen LogP contribution in [0.5, 0.6) is 0 Å². The van der Waals surface area contributed by atoms with Crippen LogP contribution in [0, 0.1) is 0 Å². The highest BCUT2D eigenvalue weighted by atomic mass is 15.3. The van der Waals surface area contributed by atoms with Crippen molar-refractivity contribution in [3.05, 3.63) is 0 Å². The van der Waals surface area contributed by atoms with Gasteiger partial charge in [-0.2, -0.15) is 0 Å². The molecule has 0 bridgehead atoms. The van der Waals surface area contributed by atoms with E-state index in [1.165, 1.54) is 90.3 Å². The Labute approximate surface area is 126 Å². The molecule has 20 heavy (non-hydrogen) atoms. The van der Waals surface area contributed by atoms with Crippen LogP contribution in [-0.2, 0) is 0 Å². The van der Waals surface area contributed by atoms with E-state index in [-0.39, 0.29) is 0 Å². The molecule has 2 fully saturated rings. The molecule has 1 saturated heterocycles. The van der Waals surface area contributed by atoms with Gasteiger partial charge in [0.15, 0.2) is 0 Å². The van der Waals surface area contributed by atoms with Crippen LogP contribution in [0.4, 0.5) is 0 Å². The molecule has 0 amide bonds. The summed E-state index contributed by atoms with van der Waals surface area (Å²) in [6.45, 7) is 8.54. The molecule has 0 radical (unpaired) electrons. The first-order valence-corrected chi connectivity index (χ1v) is 9.29. The number of nitrogens with zero attached hydrogens (tertiary/aromatic N) is 1. The van der Waals surface area contributed by atoms with E-state index >= 15 is 0 Å². The average molecular weight is 280 g/mol. The second kappa shape index (κ2) is 8.38. The molecule has 2 rings (SSSR count). The Balaban J connectivity index is 1.90. The van der Waals surface area contributed by atoms with Gasteiger partial charge in [-0.3, -0.25) is 4.90 Å². The second-order valence-electron chi connectivity index (χ2n) is 7.16. The monoisotopic (exact) mass is 280 g/mol. The quantitative estimate of drug-likeness (QED) is 0.698. The van der Waals surface area contributed by atoms with Gasteiger partial charge in [-0.05, 0) is 32.2 Å². The van der Waals surface area contributed by atoms with E-state index in [9.17, 15) is 0 Å². The molecule has 0 aromatic heterocycles. The van der Waals surface area contributed by atoms with E-state index in [1.807, 2.05) is 0 Å². The Morgan fingerprint density at radius 1 is 1.00 bits per heavy atom. The van der Waals surface area contributed by atoms with Crippen molar-refractivity contribution in [3.8, 4) is 0 Å². The lowest BCUT2D eigenvalue weighted by molar-refractivity contribution is 0.00724. The van der Waals surface area contributed by atoms with Crippen LogP contribution < -0.4 is 5.32 Å². The largest absolute Gasteiger partial charge is 0.311 e. The SMILES string of the molecule is CCCCCCN1CC(CCC)NCC12CCCCC2. The van der Waals surface area contributed by atoms with Crippen molar-refractivity contribution in [1.82, 2.24) is 10.2 Å². The van der Waals surface area contributed by atoms with Crippen molar-refractivity contribution < 1.29 is 0 Å². The maximum atomic E-state index is 3.87. The Morgan fingerprint density at radius 3 is 2.50 bits per heavy atom. The van der Waals surface area contributed by atoms with Crippen LogP contribution in [0.1, 0.15) is 84.5 Å². The van der Waals surface area contributed by atoms with Gasteiger partial charge in [0.1, 0.15) is 0 Å². The van der Waals surface area contributed by atoms with Crippen LogP contribution in [0.2, 0.25) is 0 Å². The predicted molar refractivity (Wildman–Crippen MR) is 88.2 cm³/mol. The molecular weight excluding hydrogens is 244 g/mol. The summed E-state index contributed by atoms with van der Waals surface area (Å²) >= 11 is 0. The third-order valence-electron chi connectivity index (χ3n) is 5.53. The first-order valence-electron chi connectivity index (χ1n) is 9.29. The normalized spacial score (nSPS) is 27.0. The third-order valence-corrected chi connectivity index (χ3v) is 5.53. The summed E-state index contributed by atoms with van der Waals surface area (Å²) in [5.74, 6) is 0. The molecule has 1 unspecified atom stereocenters. The van der Waals surface area contributed by atoms with Crippen LogP contribution in [0.15, 0.2) is 0 Å². The van der Waals surface area contributed by atoms with Gasteiger partial charge in [0, 0.05) is 24.7 Å². The van der Waals surface area contributed by atoms with Crippen LogP contribution in [0.25, 0.3) is 0 Å². The predicted octanol–water partition coefficient (Wildman–Crippen LogP) is 4.34. The van der Waals surface area contributed by atoms with Gasteiger partial charge in [0.25, 0.3) is 0 Å². The maximum Gasteiger partial charge on any atom is 0.0334 e. The van der Waals surface area contributed by atoms with Gasteiger partial charge in [-0.15, -0.1) is 0 Å². The molecule has 1 spiro atoms. The van der Waals surface area contributed by atoms with Crippen molar-refractivity contribution in [2.45, 2.75) is 96.1 Å². The maximum absolute atomic E-state index is 3.87. The molecule has 2 heteroatoms. The fourth-order valence-electron chi connectivity index (χ4n) is 4.27. The van der Waals surface area contributed by atoms with Crippen LogP contribution >= 0.6 is 0 Å². The lowest BCUT2D eigenvalue weighted by Crippen LogP contribution is -2.65. The summed E-state index contributed by atoms with van der Waals surface area (Å²) in [5, 5.41) is 3.87. The fourth-order valence-corrected chi connectivity index (χ4v) is 4.27. The average Bonchev–Trinajstić information content (AvgIpc) is 2.48. The topological polar surface area (TPSA) is 15.3 Å². The summed E-state index contributed by atoms with van der Waals surface area (Å²) < 4.78 is 0. The Morgan fingerprint density at radius 2 is 1.80 bits per heavy atom. The smallest absolute Gasteiger partial charge is 0.0334 e. The summed E-state index contributed by atoms with van der Waals surface area (Å²) in [4.78, 5) is 2.90. The number of hydrogen-bond donors (Lipinski definition) is 1. The number of rotatable bonds is 7. The fraction of sp³-hybridized carbons (Fsp3) is 1.00. The van der Waals surface area contributed by atoms with Crippen molar-refractivity contribution in [3.63, 3.8) is 0 Å². The number of piperazine rings is 1. The lowest BCUT2D eigenvalue weighted by Gasteiger charge is -2.52. The molecule has 1 N–H and O–H groups in total. The van der Waals surface area contributed by atoms with Gasteiger partial charge >= 0.3 is 0 Å². The molecule has 118 valence electrons. The summed E-state index contributed by atoms with van der Waals surface area (Å²) in [6, 6.07) is 0.749. The molecule has 0 aromatic carbocycles. The van der Waals surface area contributed by atoms with Crippen molar-refractivity contribution in [2.24, 2.45) is 0 Å². The summed E-state index contributed by atoms with van der Waals surface area (Å²) in [6.07, 6.45) is 15.5. The molecular formula is C18H36N2. The summed E-state index contributed by atoms with van der Waals surface area (Å²) in [5.41, 5.74) is 0.523. The van der Waals surface area contributed by atoms with Gasteiger partial charge in [-0.25, -0.2) is 0 Å². The molecule has 2 aliphatic rings. The zero-order valence-electron chi connectivity index (χ0n) is 13.9. The molecule has 1 atom stereocenters. The number of hydrogen-bond acceptors (Lipinski definition) is 2. The molecule has 1 aliphatic carbocycles. The van der Waals surface area contributed by atoms with Gasteiger partial charge < -0.3 is 5.32 Å². The van der Waals surface area contributed by atoms with Crippen molar-refractivity contribution >= 4 is 0 Å². The molecule has 1 saturated carbocycles. The van der Waals surface area contributed by atoms with Crippen molar-refractivity contribution in [2.75, 3.05) is 19.6 Å². The zero-order chi connectivity index (χ0) is 14.3. The van der Waals surface area contributed by atoms with Crippen molar-refractivity contribution in [1.29, 1.82) is 0 Å². The Hall–Kier alpha value is -0.0800. The summed E-state index contributed by atoms with van der Waals surface area (Å²) in [7, 11) is 0. The van der Waals surface area contributed by atoms with Gasteiger partial charge in [-0.1, -0.05) is 58.8 Å². The molecule has 0 aromatic rings. The van der Waals surface area contributed by atoms with Gasteiger partial charge in [0.05, 0.1) is 0 Å². The van der Waals surface area contributed by atoms with E-state index in [0.29, 0.717) is 5.54 Å². The Bertz CT molecular complexity index is 258. The van der Waals surface area contributed by atoms with E-state index in [4.69, 9.17) is 0 Å². The van der Waals surface area contributed by atoms with E-state index in [0.717, 1.165) is 6.04 Å². The lowest BCUT2D eigenvalue weighted by atomic mass is 9.78. The van der Waals surface area contributed by atoms with E-state index < -0.39 is 0 Å². The first-order chi connectivity index (χ1) is 9.80. The Kier molecular flexibility index (Phi) is 6.83. The highest BCUT2D eigenvalue weighted by Crippen LogP contribution is 2.36. The standard InChI is InChI=1S/C18H36N2/c1-3-5-6-10-14-20-15-17(11-4-2)19-16-18(20)12-8-7-9-13-18/h17,19H,3-16H2,1-2H3. The van der Waals surface area contributed by atoms with Crippen LogP contribution in [0.3, 0.4) is 0 Å². The highest BCUT2D eigenvalue weighted by Gasteiger charge is 2.41. The number of unbranched alkanes of at least 4 members (excludes halogenated alkanes) is 3. The van der Waals surface area contributed by atoms with Gasteiger partial charge in [0.2, 0.25) is 0 Å². The molecule has 1 heterocycles. The zero-order valence-corrected chi connectivity index (χ0v) is 13.9. The number of nitrogens with one attached hydrogen (secondary N) is 1. The highest BCUT2D eigenvalue weighted by molar-refractivity contribution is 5.00. The van der Waals surface area contributed by atoms with E-state index in [2.05, 4.69) is 24.1 Å². The van der Waals surface area contributed by atoms with Crippen LogP contribution in [-0.4, -0.2) is 36.1 Å². The molecule has 2 nitrogen and oxygen atoms in total. The van der Waals surface area contributed by atoms with E-state index in [1.54, 1.807) is 0 Å². The first kappa shape index (κ1) is 16.3. The minimum absolute atomic E-state index is 0.523. The molecule has 1 aliphatic heterocycles. The second-order valence-corrected chi connectivity index (χ2v) is 7.16. The minimum Gasteiger partial charge on any atom is -0.311 e. The third kappa shape index (κ3) is 4.21. The minimum atomic E-state index is 0.523.